The maximum Gasteiger partial charge on any atom is 1.00 e. The Hall–Kier alpha value is -1.85. The van der Waals surface area contributed by atoms with Crippen molar-refractivity contribution in [3.05, 3.63) is 59.0 Å². The molecule has 2 aliphatic rings. The number of nitrogens with one attached hydrogen (secondary N) is 2. The predicted molar refractivity (Wildman–Crippen MR) is 128 cm³/mol. The molecule has 1 aromatic rings. The molecule has 0 aromatic heterocycles. The van der Waals surface area contributed by atoms with Gasteiger partial charge in [-0.25, -0.2) is 0 Å². The van der Waals surface area contributed by atoms with Gasteiger partial charge < -0.3 is 21.1 Å². The molecule has 32 heavy (non-hydrogen) atoms. The van der Waals surface area contributed by atoms with Crippen molar-refractivity contribution in [3.8, 4) is 6.07 Å². The molecule has 5 N–H and O–H groups in total. The van der Waals surface area contributed by atoms with Gasteiger partial charge in [-0.15, -0.1) is 0 Å². The Morgan fingerprint density at radius 3 is 2.34 bits per heavy atom. The Labute approximate surface area is 211 Å². The maximum atomic E-state index is 8.54. The standard InChI is InChI=1S/C10H17N3O.C7H3ClN.C7H15N.Os/c11-9(8-14)4-5-10(12)13-6-2-1-3-7-13;8-7-4-2-1-3-6(7)5-9;1-8-7-5-3-2-4-6-7;/h4-5,8,12,14H,1-3,6-7,11H2;1,3-4H;7-8H,2-6H2,1H3;/q;-1;;+1/b5-4-,9-8+,12-10?;;;. The summed E-state index contributed by atoms with van der Waals surface area (Å²) in [5, 5.41) is 28.4. The van der Waals surface area contributed by atoms with Gasteiger partial charge in [-0.05, 0) is 56.9 Å². The number of nitriles is 1. The number of rotatable bonds is 3. The summed E-state index contributed by atoms with van der Waals surface area (Å²) in [6, 6.07) is 10.4. The molecule has 177 valence electrons. The minimum absolute atomic E-state index is 0. The van der Waals surface area contributed by atoms with Crippen LogP contribution in [0.5, 0.6) is 0 Å². The zero-order valence-corrected chi connectivity index (χ0v) is 22.1. The van der Waals surface area contributed by atoms with Gasteiger partial charge in [0.15, 0.2) is 0 Å². The number of nitrogens with two attached hydrogens (primary N) is 1. The molecular formula is C24H35ClN5OOs. The molecule has 1 aliphatic heterocycles. The minimum atomic E-state index is 0. The molecule has 2 fully saturated rings. The van der Waals surface area contributed by atoms with Crippen LogP contribution in [0.4, 0.5) is 0 Å². The summed E-state index contributed by atoms with van der Waals surface area (Å²) in [7, 11) is 2.07. The van der Waals surface area contributed by atoms with Crippen LogP contribution in [0.1, 0.15) is 56.9 Å². The summed E-state index contributed by atoms with van der Waals surface area (Å²) in [5.41, 5.74) is 6.13. The van der Waals surface area contributed by atoms with E-state index in [-0.39, 0.29) is 25.5 Å². The van der Waals surface area contributed by atoms with E-state index in [1.165, 1.54) is 44.6 Å². The molecule has 0 spiro atoms. The largest absolute Gasteiger partial charge is 1.00 e. The number of halogens is 1. The van der Waals surface area contributed by atoms with E-state index < -0.39 is 0 Å². The first kappa shape index (κ1) is 30.1. The summed E-state index contributed by atoms with van der Waals surface area (Å²) in [4.78, 5) is 2.02. The normalized spacial score (nSPS) is 16.5. The van der Waals surface area contributed by atoms with Crippen molar-refractivity contribution < 1.29 is 24.9 Å². The Morgan fingerprint density at radius 1 is 1.25 bits per heavy atom. The number of hydrogen-bond donors (Lipinski definition) is 4. The van der Waals surface area contributed by atoms with Crippen LogP contribution in [0.2, 0.25) is 5.02 Å². The molecule has 0 unspecified atom stereocenters. The number of nitrogens with zero attached hydrogens (tertiary/aromatic N) is 2. The van der Waals surface area contributed by atoms with Crippen LogP contribution in [0.15, 0.2) is 42.3 Å². The van der Waals surface area contributed by atoms with Crippen molar-refractivity contribution in [1.82, 2.24) is 10.2 Å². The fraction of sp³-hybridized carbons (Fsp3) is 0.500. The van der Waals surface area contributed by atoms with Gasteiger partial charge in [0, 0.05) is 19.1 Å². The Bertz CT molecular complexity index is 751. The Balaban J connectivity index is 0.000000466. The van der Waals surface area contributed by atoms with Gasteiger partial charge in [-0.3, -0.25) is 5.41 Å². The number of amidine groups is 1. The summed E-state index contributed by atoms with van der Waals surface area (Å²) >= 11 is 5.57. The fourth-order valence-electron chi connectivity index (χ4n) is 3.35. The molecule has 1 heterocycles. The van der Waals surface area contributed by atoms with Gasteiger partial charge in [0.05, 0.1) is 11.8 Å². The second-order valence-electron chi connectivity index (χ2n) is 7.54. The van der Waals surface area contributed by atoms with Gasteiger partial charge in [-0.1, -0.05) is 24.3 Å². The second-order valence-corrected chi connectivity index (χ2v) is 7.94. The van der Waals surface area contributed by atoms with Crippen LogP contribution in [0.25, 0.3) is 0 Å². The van der Waals surface area contributed by atoms with Gasteiger partial charge >= 0.3 is 19.8 Å². The number of likely N-dealkylation sites (tertiary alicyclic amines) is 1. The first-order valence-corrected chi connectivity index (χ1v) is 11.2. The van der Waals surface area contributed by atoms with E-state index >= 15 is 0 Å². The number of piperidine rings is 1. The van der Waals surface area contributed by atoms with Crippen LogP contribution < -0.4 is 11.1 Å². The summed E-state index contributed by atoms with van der Waals surface area (Å²) < 4.78 is 0. The average molecular weight is 635 g/mol. The molecule has 0 atom stereocenters. The molecule has 1 saturated heterocycles. The average Bonchev–Trinajstić information content (AvgIpc) is 2.84. The quantitative estimate of drug-likeness (QED) is 0.124. The smallest absolute Gasteiger partial charge is 0.513 e. The topological polar surface area (TPSA) is 109 Å². The molecule has 8 heteroatoms. The molecule has 1 saturated carbocycles. The first-order valence-electron chi connectivity index (χ1n) is 10.9. The van der Waals surface area contributed by atoms with E-state index in [1.54, 1.807) is 24.3 Å². The molecule has 0 amide bonds. The molecule has 3 rings (SSSR count). The van der Waals surface area contributed by atoms with Crippen LogP contribution >= 0.6 is 11.6 Å². The van der Waals surface area contributed by atoms with Gasteiger partial charge in [-0.2, -0.15) is 41.1 Å². The van der Waals surface area contributed by atoms with Crippen LogP contribution in [0, 0.1) is 22.8 Å². The predicted octanol–water partition coefficient (Wildman–Crippen LogP) is 4.91. The van der Waals surface area contributed by atoms with E-state index in [1.807, 2.05) is 11.0 Å². The van der Waals surface area contributed by atoms with Crippen molar-refractivity contribution in [1.29, 1.82) is 10.7 Å². The second kappa shape index (κ2) is 18.7. The number of allylic oxidation sites excluding steroid dienone is 1. The van der Waals surface area contributed by atoms with Crippen molar-refractivity contribution in [2.24, 2.45) is 5.73 Å². The molecule has 6 nitrogen and oxygen atoms in total. The summed E-state index contributed by atoms with van der Waals surface area (Å²) in [6.45, 7) is 1.90. The van der Waals surface area contributed by atoms with Crippen molar-refractivity contribution in [2.45, 2.75) is 57.4 Å². The van der Waals surface area contributed by atoms with E-state index in [4.69, 9.17) is 33.1 Å². The Morgan fingerprint density at radius 2 is 1.88 bits per heavy atom. The van der Waals surface area contributed by atoms with E-state index in [2.05, 4.69) is 18.4 Å². The molecule has 1 aliphatic carbocycles. The first-order chi connectivity index (χ1) is 15.0. The molecule has 0 bridgehead atoms. The van der Waals surface area contributed by atoms with E-state index in [9.17, 15) is 0 Å². The fourth-order valence-corrected chi connectivity index (χ4v) is 3.52. The zero-order chi connectivity index (χ0) is 22.9. The number of benzene rings is 1. The maximum absolute atomic E-state index is 8.54. The number of hydrogen-bond acceptors (Lipinski definition) is 5. The third-order valence-electron chi connectivity index (χ3n) is 5.23. The van der Waals surface area contributed by atoms with Crippen molar-refractivity contribution in [2.75, 3.05) is 20.1 Å². The summed E-state index contributed by atoms with van der Waals surface area (Å²) in [6.07, 6.45) is 14.7. The SMILES string of the molecule is CNC1CCCCC1.N#Cc1cc[c-]cc1Cl.N=C(/C=C\C(N)=C/O)N1CCCCC1.[Os+]. The summed E-state index contributed by atoms with van der Waals surface area (Å²) in [5.74, 6) is 0.467. The van der Waals surface area contributed by atoms with Gasteiger partial charge in [0.1, 0.15) is 12.1 Å². The van der Waals surface area contributed by atoms with Gasteiger partial charge in [0.2, 0.25) is 0 Å². The van der Waals surface area contributed by atoms with Crippen LogP contribution in [-0.4, -0.2) is 42.0 Å². The van der Waals surface area contributed by atoms with E-state index in [0.717, 1.165) is 38.2 Å². The molecule has 1 aromatic carbocycles. The minimum Gasteiger partial charge on any atom is -0.513 e. The third-order valence-corrected chi connectivity index (χ3v) is 5.54. The van der Waals surface area contributed by atoms with Crippen molar-refractivity contribution in [3.63, 3.8) is 0 Å². The zero-order valence-electron chi connectivity index (χ0n) is 18.8. The monoisotopic (exact) mass is 636 g/mol. The molecule has 1 radical (unpaired) electrons. The van der Waals surface area contributed by atoms with Gasteiger partial charge in [0.25, 0.3) is 0 Å². The van der Waals surface area contributed by atoms with E-state index in [0.29, 0.717) is 16.4 Å². The van der Waals surface area contributed by atoms with Crippen LogP contribution in [-0.2, 0) is 19.8 Å². The third kappa shape index (κ3) is 12.9. The Kier molecular flexibility index (Phi) is 17.6. The number of aliphatic hydroxyl groups is 1. The number of aliphatic hydroxyl groups excluding tert-OH is 1. The van der Waals surface area contributed by atoms with Crippen molar-refractivity contribution >= 4 is 17.4 Å². The van der Waals surface area contributed by atoms with Crippen LogP contribution in [0.3, 0.4) is 0 Å². The molecular weight excluding hydrogens is 600 g/mol.